The third-order valence-corrected chi connectivity index (χ3v) is 8.49. The number of aldehydes is 1. The molecule has 0 atom stereocenters. The van der Waals surface area contributed by atoms with Gasteiger partial charge in [0.05, 0.1) is 23.9 Å². The van der Waals surface area contributed by atoms with Gasteiger partial charge in [0.2, 0.25) is 11.8 Å². The van der Waals surface area contributed by atoms with Gasteiger partial charge in [0.25, 0.3) is 0 Å². The molecule has 0 bridgehead atoms. The second-order valence-electron chi connectivity index (χ2n) is 11.3. The zero-order valence-corrected chi connectivity index (χ0v) is 25.1. The first-order chi connectivity index (χ1) is 21.5. The number of ether oxygens (including phenoxy) is 2. The number of nitrogens with one attached hydrogen (secondary N) is 1. The summed E-state index contributed by atoms with van der Waals surface area (Å²) in [6, 6.07) is 20.9. The number of piperidine rings is 1. The van der Waals surface area contributed by atoms with Crippen molar-refractivity contribution in [1.82, 2.24) is 19.8 Å². The zero-order chi connectivity index (χ0) is 30.5. The molecule has 0 amide bonds. The summed E-state index contributed by atoms with van der Waals surface area (Å²) in [5, 5.41) is 13.3. The average Bonchev–Trinajstić information content (AvgIpc) is 3.06. The zero-order valence-electron chi connectivity index (χ0n) is 25.1. The Labute approximate surface area is 257 Å². The maximum atomic E-state index is 11.5. The first-order valence-electron chi connectivity index (χ1n) is 15.0. The van der Waals surface area contributed by atoms with Gasteiger partial charge in [-0.2, -0.15) is 4.98 Å². The van der Waals surface area contributed by atoms with Crippen molar-refractivity contribution in [3.8, 4) is 34.3 Å². The molecule has 10 heteroatoms. The number of likely N-dealkylation sites (N-methyl/N-ethyl adjacent to an activating group) is 1. The van der Waals surface area contributed by atoms with Crippen molar-refractivity contribution in [1.29, 1.82) is 0 Å². The molecule has 0 saturated carbocycles. The lowest BCUT2D eigenvalue weighted by Gasteiger charge is -2.42. The predicted molar refractivity (Wildman–Crippen MR) is 172 cm³/mol. The molecule has 2 aliphatic heterocycles. The van der Waals surface area contributed by atoms with Crippen LogP contribution in [0.25, 0.3) is 11.1 Å². The van der Waals surface area contributed by atoms with E-state index >= 15 is 0 Å². The lowest BCUT2D eigenvalue weighted by Crippen LogP contribution is -2.52. The summed E-state index contributed by atoms with van der Waals surface area (Å²) < 4.78 is 12.0. The van der Waals surface area contributed by atoms with E-state index in [0.29, 0.717) is 46.8 Å². The van der Waals surface area contributed by atoms with Crippen molar-refractivity contribution in [3.63, 3.8) is 0 Å². The molecule has 3 heterocycles. The van der Waals surface area contributed by atoms with Gasteiger partial charge in [0, 0.05) is 63.3 Å². The summed E-state index contributed by atoms with van der Waals surface area (Å²) in [5.41, 5.74) is 3.25. The number of hydrogen-bond donors (Lipinski definition) is 2. The van der Waals surface area contributed by atoms with Gasteiger partial charge in [0.15, 0.2) is 6.29 Å². The van der Waals surface area contributed by atoms with Crippen LogP contribution in [0.4, 0.5) is 17.3 Å². The van der Waals surface area contributed by atoms with Crippen molar-refractivity contribution >= 4 is 23.6 Å². The van der Waals surface area contributed by atoms with Gasteiger partial charge in [0.1, 0.15) is 17.2 Å². The van der Waals surface area contributed by atoms with Crippen molar-refractivity contribution in [2.45, 2.75) is 18.9 Å². The number of piperazine rings is 1. The number of nitrogens with zero attached hydrogens (tertiary/aromatic N) is 5. The molecule has 4 aromatic rings. The van der Waals surface area contributed by atoms with Gasteiger partial charge >= 0.3 is 0 Å². The average molecular weight is 595 g/mol. The number of phenols is 1. The van der Waals surface area contributed by atoms with E-state index in [-0.39, 0.29) is 11.3 Å². The highest BCUT2D eigenvalue weighted by atomic mass is 16.5. The Balaban J connectivity index is 1.21. The number of phenolic OH excluding ortho intramolecular Hbond substituents is 1. The molecule has 1 aromatic heterocycles. The minimum atomic E-state index is -0.0940. The van der Waals surface area contributed by atoms with Crippen LogP contribution in [0.15, 0.2) is 72.9 Å². The number of carbonyl (C=O) groups is 1. The standard InChI is InChI=1S/C34H38N6O4/c1-38-16-18-40(19-17-38)26-12-14-39(15-13-26)27-9-10-30(32(21-27)43-2)36-34-35-22-29(24-8-11-31(42)25(20-24)23-41)33(37-34)44-28-6-4-3-5-7-28/h3-11,20-23,26,42H,12-19H2,1-2H3,(H,35,36,37). The summed E-state index contributed by atoms with van der Waals surface area (Å²) in [5.74, 6) is 1.83. The van der Waals surface area contributed by atoms with Gasteiger partial charge < -0.3 is 29.7 Å². The van der Waals surface area contributed by atoms with Crippen molar-refractivity contribution in [3.05, 3.63) is 78.5 Å². The molecule has 0 radical (unpaired) electrons. The largest absolute Gasteiger partial charge is 0.507 e. The van der Waals surface area contributed by atoms with Crippen molar-refractivity contribution < 1.29 is 19.4 Å². The Kier molecular flexibility index (Phi) is 8.90. The van der Waals surface area contributed by atoms with E-state index in [1.165, 1.54) is 6.07 Å². The molecule has 2 fully saturated rings. The second-order valence-corrected chi connectivity index (χ2v) is 11.3. The molecule has 6 rings (SSSR count). The van der Waals surface area contributed by atoms with Crippen LogP contribution in [0.2, 0.25) is 0 Å². The quantitative estimate of drug-likeness (QED) is 0.244. The van der Waals surface area contributed by atoms with Gasteiger partial charge in [-0.1, -0.05) is 24.3 Å². The molecule has 228 valence electrons. The Bertz CT molecular complexity index is 1580. The maximum Gasteiger partial charge on any atom is 0.231 e. The van der Waals surface area contributed by atoms with E-state index in [0.717, 1.165) is 63.5 Å². The second kappa shape index (κ2) is 13.3. The minimum absolute atomic E-state index is 0.0940. The number of hydrogen-bond acceptors (Lipinski definition) is 10. The topological polar surface area (TPSA) is 103 Å². The van der Waals surface area contributed by atoms with Crippen LogP contribution in [0, 0.1) is 0 Å². The molecule has 3 aromatic carbocycles. The summed E-state index contributed by atoms with van der Waals surface area (Å²) in [6.07, 6.45) is 4.57. The first-order valence-corrected chi connectivity index (χ1v) is 15.0. The summed E-state index contributed by atoms with van der Waals surface area (Å²) >= 11 is 0. The fourth-order valence-corrected chi connectivity index (χ4v) is 5.90. The number of aromatic nitrogens is 2. The number of benzene rings is 3. The molecule has 0 unspecified atom stereocenters. The van der Waals surface area contributed by atoms with Gasteiger partial charge in [-0.15, -0.1) is 0 Å². The van der Waals surface area contributed by atoms with E-state index in [2.05, 4.69) is 44.2 Å². The van der Waals surface area contributed by atoms with Crippen LogP contribution in [0.5, 0.6) is 23.1 Å². The number of aromatic hydroxyl groups is 1. The van der Waals surface area contributed by atoms with Gasteiger partial charge in [-0.25, -0.2) is 4.98 Å². The highest BCUT2D eigenvalue weighted by molar-refractivity contribution is 5.83. The van der Waals surface area contributed by atoms with Gasteiger partial charge in [-0.3, -0.25) is 9.69 Å². The van der Waals surface area contributed by atoms with Gasteiger partial charge in [-0.05, 0) is 61.9 Å². The Hall–Kier alpha value is -4.67. The fraction of sp³-hybridized carbons (Fsp3) is 0.324. The first kappa shape index (κ1) is 29.4. The molecule has 10 nitrogen and oxygen atoms in total. The fourth-order valence-electron chi connectivity index (χ4n) is 5.90. The minimum Gasteiger partial charge on any atom is -0.507 e. The van der Waals surface area contributed by atoms with Crippen LogP contribution in [0.3, 0.4) is 0 Å². The van der Waals surface area contributed by atoms with E-state index in [4.69, 9.17) is 14.5 Å². The van der Waals surface area contributed by atoms with Crippen LogP contribution in [-0.4, -0.2) is 90.6 Å². The van der Waals surface area contributed by atoms with Crippen LogP contribution in [-0.2, 0) is 0 Å². The molecule has 2 saturated heterocycles. The maximum absolute atomic E-state index is 11.5. The number of methoxy groups -OCH3 is 1. The van der Waals surface area contributed by atoms with E-state index < -0.39 is 0 Å². The molecular formula is C34H38N6O4. The highest BCUT2D eigenvalue weighted by Gasteiger charge is 2.27. The Morgan fingerprint density at radius 1 is 0.955 bits per heavy atom. The summed E-state index contributed by atoms with van der Waals surface area (Å²) in [4.78, 5) is 28.2. The SMILES string of the molecule is COc1cc(N2CCC(N3CCN(C)CC3)CC2)ccc1Nc1ncc(-c2ccc(O)c(C=O)c2)c(Oc2ccccc2)n1. The molecular weight excluding hydrogens is 556 g/mol. The number of carbonyl (C=O) groups excluding carboxylic acids is 1. The molecule has 2 aliphatic rings. The molecule has 0 aliphatic carbocycles. The number of anilines is 3. The monoisotopic (exact) mass is 594 g/mol. The smallest absolute Gasteiger partial charge is 0.231 e. The Morgan fingerprint density at radius 2 is 1.73 bits per heavy atom. The number of para-hydroxylation sites is 1. The van der Waals surface area contributed by atoms with Crippen molar-refractivity contribution in [2.24, 2.45) is 0 Å². The molecule has 2 N–H and O–H groups in total. The lowest BCUT2D eigenvalue weighted by molar-refractivity contribution is 0.0982. The van der Waals surface area contributed by atoms with Crippen LogP contribution >= 0.6 is 0 Å². The highest BCUT2D eigenvalue weighted by Crippen LogP contribution is 2.36. The summed E-state index contributed by atoms with van der Waals surface area (Å²) in [6.45, 7) is 6.64. The number of rotatable bonds is 9. The molecule has 0 spiro atoms. The van der Waals surface area contributed by atoms with Crippen LogP contribution in [0.1, 0.15) is 23.2 Å². The van der Waals surface area contributed by atoms with E-state index in [1.807, 2.05) is 36.4 Å². The normalized spacial score (nSPS) is 16.5. The van der Waals surface area contributed by atoms with Crippen LogP contribution < -0.4 is 19.7 Å². The molecule has 44 heavy (non-hydrogen) atoms. The predicted octanol–water partition coefficient (Wildman–Crippen LogP) is 5.42. The third-order valence-electron chi connectivity index (χ3n) is 8.49. The lowest BCUT2D eigenvalue weighted by atomic mass is 10.0. The van der Waals surface area contributed by atoms with Crippen molar-refractivity contribution in [2.75, 3.05) is 63.6 Å². The van der Waals surface area contributed by atoms with E-state index in [1.54, 1.807) is 25.4 Å². The summed E-state index contributed by atoms with van der Waals surface area (Å²) in [7, 11) is 3.86. The third kappa shape index (κ3) is 6.61. The van der Waals surface area contributed by atoms with E-state index in [9.17, 15) is 9.90 Å². The Morgan fingerprint density at radius 3 is 2.45 bits per heavy atom.